The third kappa shape index (κ3) is 9.48. The minimum Gasteiger partial charge on any atom is -0.460 e. The molecule has 1 unspecified atom stereocenters. The summed E-state index contributed by atoms with van der Waals surface area (Å²) in [6.07, 6.45) is 1.04. The smallest absolute Gasteiger partial charge is 0.307 e. The average Bonchev–Trinajstić information content (AvgIpc) is 2.10. The molecule has 0 aliphatic carbocycles. The second kappa shape index (κ2) is 7.55. The van der Waals surface area contributed by atoms with Crippen molar-refractivity contribution in [3.63, 3.8) is 0 Å². The van der Waals surface area contributed by atoms with Gasteiger partial charge in [-0.15, -0.1) is 0 Å². The second-order valence-corrected chi connectivity index (χ2v) is 9.61. The molecule has 0 spiro atoms. The topological polar surface area (TPSA) is 55.4 Å². The summed E-state index contributed by atoms with van der Waals surface area (Å²) in [5, 5.41) is 0. The van der Waals surface area contributed by atoms with E-state index in [1.54, 1.807) is 0 Å². The van der Waals surface area contributed by atoms with Gasteiger partial charge in [-0.05, 0) is 53.9 Å². The molecule has 0 fully saturated rings. The zero-order valence-electron chi connectivity index (χ0n) is 14.2. The van der Waals surface area contributed by atoms with Gasteiger partial charge in [-0.2, -0.15) is 0 Å². The summed E-state index contributed by atoms with van der Waals surface area (Å²) in [7, 11) is -1.18. The van der Waals surface area contributed by atoms with Crippen molar-refractivity contribution in [1.29, 1.82) is 0 Å². The summed E-state index contributed by atoms with van der Waals surface area (Å²) < 4.78 is 20.2. The van der Waals surface area contributed by atoms with Gasteiger partial charge in [0.05, 0.1) is 22.2 Å². The summed E-state index contributed by atoms with van der Waals surface area (Å²) in [6.45, 7) is 15.5. The van der Waals surface area contributed by atoms with Crippen LogP contribution in [0.5, 0.6) is 0 Å². The summed E-state index contributed by atoms with van der Waals surface area (Å²) in [5.41, 5.74) is -0.483. The Bertz CT molecular complexity index is 340. The number of carbonyl (C=O) groups is 1. The standard InChI is InChI=1S/C15H31NO3S/c1-11(2)9-12(16-20(18)15(6,7)8)10-13(17)19-14(3,4)5/h11-12,16H,9-10H2,1-8H3/t12?,20-/m1/s1. The largest absolute Gasteiger partial charge is 0.460 e. The van der Waals surface area contributed by atoms with Crippen LogP contribution >= 0.6 is 0 Å². The molecule has 0 aromatic heterocycles. The molecule has 0 bridgehead atoms. The average molecular weight is 305 g/mol. The van der Waals surface area contributed by atoms with E-state index < -0.39 is 16.6 Å². The molecule has 0 heterocycles. The van der Waals surface area contributed by atoms with Crippen molar-refractivity contribution in [2.45, 2.75) is 84.6 Å². The Morgan fingerprint density at radius 3 is 2.00 bits per heavy atom. The van der Waals surface area contributed by atoms with Crippen LogP contribution in [0.4, 0.5) is 0 Å². The summed E-state index contributed by atoms with van der Waals surface area (Å²) in [4.78, 5) is 11.9. The van der Waals surface area contributed by atoms with Crippen LogP contribution in [-0.4, -0.2) is 26.6 Å². The molecular formula is C15H31NO3S. The fourth-order valence-electron chi connectivity index (χ4n) is 1.65. The van der Waals surface area contributed by atoms with Crippen molar-refractivity contribution >= 4 is 17.0 Å². The number of carbonyl (C=O) groups excluding carboxylic acids is 1. The number of rotatable bonds is 6. The minimum atomic E-state index is -1.18. The van der Waals surface area contributed by atoms with Crippen molar-refractivity contribution in [3.05, 3.63) is 0 Å². The van der Waals surface area contributed by atoms with Crippen molar-refractivity contribution in [2.75, 3.05) is 0 Å². The molecule has 0 aliphatic rings. The van der Waals surface area contributed by atoms with Crippen LogP contribution in [0.25, 0.3) is 0 Å². The highest BCUT2D eigenvalue weighted by atomic mass is 32.2. The van der Waals surface area contributed by atoms with E-state index >= 15 is 0 Å². The van der Waals surface area contributed by atoms with E-state index in [0.717, 1.165) is 6.42 Å². The predicted molar refractivity (Wildman–Crippen MR) is 84.7 cm³/mol. The number of hydrogen-bond acceptors (Lipinski definition) is 3. The first-order valence-electron chi connectivity index (χ1n) is 7.21. The van der Waals surface area contributed by atoms with Crippen LogP contribution in [-0.2, 0) is 20.5 Å². The molecule has 20 heavy (non-hydrogen) atoms. The van der Waals surface area contributed by atoms with E-state index in [0.29, 0.717) is 5.92 Å². The molecule has 0 aromatic carbocycles. The van der Waals surface area contributed by atoms with E-state index in [-0.39, 0.29) is 23.2 Å². The lowest BCUT2D eigenvalue weighted by molar-refractivity contribution is -0.155. The van der Waals surface area contributed by atoms with E-state index in [1.165, 1.54) is 0 Å². The molecule has 0 radical (unpaired) electrons. The van der Waals surface area contributed by atoms with Gasteiger partial charge in [0.1, 0.15) is 5.60 Å². The number of nitrogens with one attached hydrogen (secondary N) is 1. The van der Waals surface area contributed by atoms with Gasteiger partial charge in [-0.3, -0.25) is 4.79 Å². The van der Waals surface area contributed by atoms with Crippen LogP contribution in [0.2, 0.25) is 0 Å². The Hall–Kier alpha value is -0.420. The lowest BCUT2D eigenvalue weighted by Crippen LogP contribution is -2.42. The summed E-state index contributed by atoms with van der Waals surface area (Å²) in [6, 6.07) is -0.120. The van der Waals surface area contributed by atoms with Gasteiger partial charge in [-0.25, -0.2) is 8.93 Å². The molecule has 0 aromatic rings. The van der Waals surface area contributed by atoms with Crippen LogP contribution in [0.3, 0.4) is 0 Å². The maximum Gasteiger partial charge on any atom is 0.307 e. The maximum atomic E-state index is 12.2. The lowest BCUT2D eigenvalue weighted by atomic mass is 10.0. The van der Waals surface area contributed by atoms with Gasteiger partial charge in [0.25, 0.3) is 0 Å². The van der Waals surface area contributed by atoms with Crippen LogP contribution in [0.15, 0.2) is 0 Å². The van der Waals surface area contributed by atoms with Crippen LogP contribution in [0.1, 0.15) is 68.2 Å². The van der Waals surface area contributed by atoms with Crippen LogP contribution in [0, 0.1) is 5.92 Å². The Morgan fingerprint density at radius 1 is 1.15 bits per heavy atom. The number of esters is 1. The fourth-order valence-corrected chi connectivity index (χ4v) is 2.49. The van der Waals surface area contributed by atoms with Gasteiger partial charge in [0.2, 0.25) is 0 Å². The fraction of sp³-hybridized carbons (Fsp3) is 0.933. The first-order valence-corrected chi connectivity index (χ1v) is 8.36. The Kier molecular flexibility index (Phi) is 7.39. The van der Waals surface area contributed by atoms with Gasteiger partial charge >= 0.3 is 5.97 Å². The highest BCUT2D eigenvalue weighted by molar-refractivity contribution is 7.84. The van der Waals surface area contributed by atoms with E-state index in [1.807, 2.05) is 41.5 Å². The molecule has 0 rings (SSSR count). The SMILES string of the molecule is CC(C)CC(CC(=O)OC(C)(C)C)N[S@](=O)C(C)(C)C. The summed E-state index contributed by atoms with van der Waals surface area (Å²) in [5.74, 6) is 0.175. The van der Waals surface area contributed by atoms with Gasteiger partial charge in [0, 0.05) is 6.04 Å². The van der Waals surface area contributed by atoms with E-state index in [9.17, 15) is 9.00 Å². The molecular weight excluding hydrogens is 274 g/mol. The molecule has 5 heteroatoms. The first kappa shape index (κ1) is 19.6. The van der Waals surface area contributed by atoms with Gasteiger partial charge in [-0.1, -0.05) is 13.8 Å². The van der Waals surface area contributed by atoms with Crippen molar-refractivity contribution in [1.82, 2.24) is 4.72 Å². The number of hydrogen-bond donors (Lipinski definition) is 1. The lowest BCUT2D eigenvalue weighted by Gasteiger charge is -2.26. The number of ether oxygens (including phenoxy) is 1. The Balaban J connectivity index is 4.66. The van der Waals surface area contributed by atoms with Crippen molar-refractivity contribution < 1.29 is 13.7 Å². The van der Waals surface area contributed by atoms with E-state index in [2.05, 4.69) is 18.6 Å². The maximum absolute atomic E-state index is 12.2. The van der Waals surface area contributed by atoms with Crippen molar-refractivity contribution in [3.8, 4) is 0 Å². The molecule has 4 nitrogen and oxygen atoms in total. The first-order chi connectivity index (χ1) is 8.81. The third-order valence-electron chi connectivity index (χ3n) is 2.42. The highest BCUT2D eigenvalue weighted by Gasteiger charge is 2.26. The summed E-state index contributed by atoms with van der Waals surface area (Å²) >= 11 is 0. The van der Waals surface area contributed by atoms with Gasteiger partial charge in [0.15, 0.2) is 0 Å². The van der Waals surface area contributed by atoms with Crippen molar-refractivity contribution in [2.24, 2.45) is 5.92 Å². The zero-order chi connectivity index (χ0) is 16.1. The van der Waals surface area contributed by atoms with Crippen LogP contribution < -0.4 is 4.72 Å². The Labute approximate surface area is 126 Å². The predicted octanol–water partition coefficient (Wildman–Crippen LogP) is 3.18. The van der Waals surface area contributed by atoms with Gasteiger partial charge < -0.3 is 4.74 Å². The third-order valence-corrected chi connectivity index (χ3v) is 4.08. The normalized spacial score (nSPS) is 16.1. The second-order valence-electron chi connectivity index (χ2n) is 7.62. The molecule has 2 atom stereocenters. The molecule has 120 valence electrons. The Morgan fingerprint density at radius 2 is 1.65 bits per heavy atom. The molecule has 0 saturated heterocycles. The molecule has 1 N–H and O–H groups in total. The monoisotopic (exact) mass is 305 g/mol. The molecule has 0 saturated carbocycles. The minimum absolute atomic E-state index is 0.120. The zero-order valence-corrected chi connectivity index (χ0v) is 15.0. The molecule has 0 amide bonds. The molecule has 0 aliphatic heterocycles. The quantitative estimate of drug-likeness (QED) is 0.767. The van der Waals surface area contributed by atoms with E-state index in [4.69, 9.17) is 4.74 Å². The highest BCUT2D eigenvalue weighted by Crippen LogP contribution is 2.16.